The molecule has 1 unspecified atom stereocenters. The molecule has 14 nitrogen and oxygen atoms in total. The van der Waals surface area contributed by atoms with E-state index in [-0.39, 0.29) is 39.8 Å². The van der Waals surface area contributed by atoms with Gasteiger partial charge in [-0.3, -0.25) is 19.3 Å². The quantitative estimate of drug-likeness (QED) is 0.152. The van der Waals surface area contributed by atoms with Gasteiger partial charge in [0.1, 0.15) is 22.8 Å². The molecule has 4 heterocycles. The number of aliphatic carboxylic acids is 1. The number of fused-ring (bicyclic) bond motifs is 1. The Kier molecular flexibility index (Phi) is 6.72. The Morgan fingerprint density at radius 2 is 2.15 bits per heavy atom. The first-order chi connectivity index (χ1) is 16.1. The van der Waals surface area contributed by atoms with Crippen LogP contribution >= 0.6 is 35.0 Å². The standard InChI is InChI=1S/C17H18N7O7S3/c1-6-19-17(30)22(31)5-23(6)34-3-7-2-32-14-9(13(27)24(14)10(7)15(28)29)21-12(26)11(25)8-4-33-16(18)20-8/h4,6,9,14H,2-3,5H2,1H3,(H2,18,20)(H,19,30)(H,21,26)(H,28,29)/q-1/t6?,9-,14-/m1/s1. The van der Waals surface area contributed by atoms with E-state index in [9.17, 15) is 34.3 Å². The van der Waals surface area contributed by atoms with Crippen molar-refractivity contribution in [2.75, 3.05) is 23.9 Å². The minimum Gasteiger partial charge on any atom is -0.754 e. The van der Waals surface area contributed by atoms with Crippen LogP contribution in [0.5, 0.6) is 0 Å². The van der Waals surface area contributed by atoms with Gasteiger partial charge in [0.25, 0.3) is 17.6 Å². The second-order valence-electron chi connectivity index (χ2n) is 7.35. The molecule has 34 heavy (non-hydrogen) atoms. The molecule has 3 aliphatic rings. The van der Waals surface area contributed by atoms with Gasteiger partial charge in [0.2, 0.25) is 0 Å². The Labute approximate surface area is 204 Å². The van der Waals surface area contributed by atoms with Crippen LogP contribution < -0.4 is 16.4 Å². The number of urea groups is 1. The molecule has 4 amide bonds. The smallest absolute Gasteiger partial charge is 0.352 e. The Hall–Kier alpha value is -2.86. The van der Waals surface area contributed by atoms with Crippen molar-refractivity contribution in [2.24, 2.45) is 0 Å². The first kappa shape index (κ1) is 24.3. The van der Waals surface area contributed by atoms with Crippen molar-refractivity contribution in [2.45, 2.75) is 24.5 Å². The number of carbonyl (C=O) groups excluding carboxylic acids is 4. The number of ketones is 1. The largest absolute Gasteiger partial charge is 0.754 e. The van der Waals surface area contributed by atoms with Crippen LogP contribution in [-0.2, 0) is 14.4 Å². The third-order valence-electron chi connectivity index (χ3n) is 5.16. The molecule has 17 heteroatoms. The van der Waals surface area contributed by atoms with E-state index in [1.165, 1.54) is 17.1 Å². The maximum Gasteiger partial charge on any atom is 0.352 e. The van der Waals surface area contributed by atoms with E-state index in [1.54, 1.807) is 11.2 Å². The van der Waals surface area contributed by atoms with E-state index < -0.39 is 47.2 Å². The van der Waals surface area contributed by atoms with Gasteiger partial charge >= 0.3 is 12.0 Å². The van der Waals surface area contributed by atoms with Gasteiger partial charge in [-0.25, -0.2) is 18.9 Å². The van der Waals surface area contributed by atoms with Crippen LogP contribution in [0.15, 0.2) is 16.7 Å². The zero-order valence-electron chi connectivity index (χ0n) is 17.4. The number of hydrogen-bond acceptors (Lipinski definition) is 12. The summed E-state index contributed by atoms with van der Waals surface area (Å²) < 4.78 is 1.59. The molecule has 3 aliphatic heterocycles. The summed E-state index contributed by atoms with van der Waals surface area (Å²) in [7, 11) is 0. The molecule has 0 saturated carbocycles. The molecular formula is C17H18N7O7S3-. The first-order valence-electron chi connectivity index (χ1n) is 9.69. The number of nitrogen functional groups attached to an aromatic ring is 1. The first-order valence-corrected chi connectivity index (χ1v) is 12.6. The number of β-lactam (4-membered cyclic amide) rings is 1. The molecule has 1 aromatic heterocycles. The summed E-state index contributed by atoms with van der Waals surface area (Å²) in [5.74, 6) is -3.52. The van der Waals surface area contributed by atoms with Crippen molar-refractivity contribution < 1.29 is 29.1 Å². The monoisotopic (exact) mass is 528 g/mol. The van der Waals surface area contributed by atoms with Crippen LogP contribution in [0.25, 0.3) is 0 Å². The van der Waals surface area contributed by atoms with Crippen molar-refractivity contribution in [1.29, 1.82) is 0 Å². The molecule has 0 bridgehead atoms. The predicted octanol–water partition coefficient (Wildman–Crippen LogP) is -0.577. The highest BCUT2D eigenvalue weighted by Gasteiger charge is 2.54. The zero-order chi connectivity index (χ0) is 24.7. The fourth-order valence-electron chi connectivity index (χ4n) is 3.46. The molecule has 2 fully saturated rings. The Morgan fingerprint density at radius 1 is 1.41 bits per heavy atom. The predicted molar refractivity (Wildman–Crippen MR) is 123 cm³/mol. The number of nitrogens with one attached hydrogen (secondary N) is 2. The molecule has 0 spiro atoms. The molecule has 0 aromatic carbocycles. The zero-order valence-corrected chi connectivity index (χ0v) is 19.9. The van der Waals surface area contributed by atoms with Crippen LogP contribution in [0, 0.1) is 5.21 Å². The van der Waals surface area contributed by atoms with Crippen molar-refractivity contribution >= 4 is 69.8 Å². The molecule has 3 atom stereocenters. The van der Waals surface area contributed by atoms with Gasteiger partial charge in [-0.15, -0.1) is 23.1 Å². The maximum atomic E-state index is 12.7. The van der Waals surface area contributed by atoms with Crippen molar-refractivity contribution in [3.63, 3.8) is 0 Å². The summed E-state index contributed by atoms with van der Waals surface area (Å²) in [6.45, 7) is 1.49. The highest BCUT2D eigenvalue weighted by molar-refractivity contribution is 8.00. The summed E-state index contributed by atoms with van der Waals surface area (Å²) in [6.07, 6.45) is -0.448. The average molecular weight is 529 g/mol. The third-order valence-corrected chi connectivity index (χ3v) is 8.41. The number of thiazole rings is 1. The van der Waals surface area contributed by atoms with Gasteiger partial charge in [-0.05, 0) is 12.5 Å². The molecule has 4 rings (SSSR count). The van der Waals surface area contributed by atoms with Gasteiger partial charge in [0, 0.05) is 16.9 Å². The number of hydroxylamine groups is 2. The molecule has 0 radical (unpaired) electrons. The molecule has 5 N–H and O–H groups in total. The summed E-state index contributed by atoms with van der Waals surface area (Å²) in [4.78, 5) is 65.5. The Morgan fingerprint density at radius 3 is 2.79 bits per heavy atom. The molecule has 2 saturated heterocycles. The number of aromatic nitrogens is 1. The van der Waals surface area contributed by atoms with Crippen molar-refractivity contribution in [3.05, 3.63) is 27.6 Å². The lowest BCUT2D eigenvalue weighted by Gasteiger charge is -2.49. The number of rotatable bonds is 7. The van der Waals surface area contributed by atoms with Crippen LogP contribution in [0.2, 0.25) is 0 Å². The SMILES string of the molecule is CC1NC(=O)N([O-])CN1SCC1=C(C(=O)O)N2C(=O)[C@@H](NC(=O)C(=O)c3csc(N)n3)[C@H]2SC1. The van der Waals surface area contributed by atoms with Crippen LogP contribution in [0.3, 0.4) is 0 Å². The number of nitrogens with zero attached hydrogens (tertiary/aromatic N) is 4. The lowest BCUT2D eigenvalue weighted by atomic mass is 10.0. The number of carboxylic acids is 1. The van der Waals surface area contributed by atoms with Gasteiger partial charge < -0.3 is 31.7 Å². The van der Waals surface area contributed by atoms with Crippen molar-refractivity contribution in [3.8, 4) is 0 Å². The minimum absolute atomic E-state index is 0.121. The highest BCUT2D eigenvalue weighted by Crippen LogP contribution is 2.41. The number of hydrogen-bond donors (Lipinski definition) is 4. The number of amides is 4. The topological polar surface area (TPSA) is 201 Å². The summed E-state index contributed by atoms with van der Waals surface area (Å²) in [6, 6.07) is -1.81. The minimum atomic E-state index is -1.31. The van der Waals surface area contributed by atoms with Crippen LogP contribution in [-0.4, -0.2) is 89.7 Å². The van der Waals surface area contributed by atoms with E-state index in [4.69, 9.17) is 5.73 Å². The van der Waals surface area contributed by atoms with E-state index >= 15 is 0 Å². The van der Waals surface area contributed by atoms with E-state index in [2.05, 4.69) is 15.6 Å². The fraction of sp³-hybridized carbons (Fsp3) is 0.412. The third kappa shape index (κ3) is 4.43. The summed E-state index contributed by atoms with van der Waals surface area (Å²) in [5, 5.41) is 27.2. The molecule has 1 aromatic rings. The lowest BCUT2D eigenvalue weighted by Crippen LogP contribution is -2.71. The van der Waals surface area contributed by atoms with E-state index in [1.807, 2.05) is 0 Å². The van der Waals surface area contributed by atoms with Gasteiger partial charge in [0.05, 0.1) is 12.8 Å². The van der Waals surface area contributed by atoms with Crippen molar-refractivity contribution in [1.82, 2.24) is 29.9 Å². The molecular weight excluding hydrogens is 510 g/mol. The van der Waals surface area contributed by atoms with Crippen LogP contribution in [0.4, 0.5) is 9.93 Å². The molecule has 182 valence electrons. The molecule has 0 aliphatic carbocycles. The fourth-order valence-corrected chi connectivity index (χ4v) is 6.50. The summed E-state index contributed by atoms with van der Waals surface area (Å²) >= 11 is 3.40. The number of anilines is 1. The second kappa shape index (κ2) is 9.41. The maximum absolute atomic E-state index is 12.7. The second-order valence-corrected chi connectivity index (χ2v) is 10.4. The average Bonchev–Trinajstić information content (AvgIpc) is 3.23. The summed E-state index contributed by atoms with van der Waals surface area (Å²) in [5.41, 5.74) is 5.59. The van der Waals surface area contributed by atoms with E-state index in [0.717, 1.165) is 28.2 Å². The number of carbonyl (C=O) groups is 5. The van der Waals surface area contributed by atoms with E-state index in [0.29, 0.717) is 5.57 Å². The Balaban J connectivity index is 1.43. The Bertz CT molecular complexity index is 1110. The van der Waals surface area contributed by atoms with Gasteiger partial charge in [0.15, 0.2) is 5.13 Å². The highest BCUT2D eigenvalue weighted by atomic mass is 32.2. The van der Waals surface area contributed by atoms with Gasteiger partial charge in [-0.2, -0.15) is 0 Å². The van der Waals surface area contributed by atoms with Gasteiger partial charge in [-0.1, -0.05) is 11.9 Å². The number of thioether (sulfide) groups is 1. The normalized spacial score (nSPS) is 24.9. The lowest BCUT2D eigenvalue weighted by molar-refractivity contribution is -0.150. The van der Waals surface area contributed by atoms with Crippen LogP contribution in [0.1, 0.15) is 17.4 Å². The number of nitrogens with two attached hydrogens (primary N) is 1. The number of carboxylic acid groups (broad SMARTS) is 1. The number of Topliss-reactive ketones (excluding diaryl/α,β-unsaturated/α-hetero) is 1.